The monoisotopic (exact) mass is 345 g/mol. The normalized spacial score (nSPS) is 12.3. The number of H-pyrrole nitrogens is 1. The Balaban J connectivity index is 1.64. The number of hydrogen-bond donors (Lipinski definition) is 2. The predicted molar refractivity (Wildman–Crippen MR) is 95.7 cm³/mol. The Morgan fingerprint density at radius 2 is 1.87 bits per heavy atom. The van der Waals surface area contributed by atoms with Crippen molar-refractivity contribution in [2.75, 3.05) is 0 Å². The first-order chi connectivity index (χ1) is 11.1. The summed E-state index contributed by atoms with van der Waals surface area (Å²) in [6.07, 6.45) is 1.86. The highest BCUT2D eigenvalue weighted by atomic mass is 35.5. The third-order valence-electron chi connectivity index (χ3n) is 3.72. The summed E-state index contributed by atoms with van der Waals surface area (Å²) in [4.78, 5) is 7.76. The second-order valence-corrected chi connectivity index (χ2v) is 6.21. The molecule has 0 amide bonds. The van der Waals surface area contributed by atoms with Crippen LogP contribution in [-0.4, -0.2) is 9.97 Å². The van der Waals surface area contributed by atoms with Gasteiger partial charge in [-0.3, -0.25) is 0 Å². The zero-order valence-corrected chi connectivity index (χ0v) is 14.2. The van der Waals surface area contributed by atoms with Gasteiger partial charge in [0.15, 0.2) is 0 Å². The van der Waals surface area contributed by atoms with Crippen LogP contribution in [0.15, 0.2) is 54.7 Å². The summed E-state index contributed by atoms with van der Waals surface area (Å²) in [5.74, 6) is 0.879. The van der Waals surface area contributed by atoms with E-state index in [4.69, 9.17) is 23.2 Å². The number of nitrogens with one attached hydrogen (secondary N) is 2. The molecule has 1 aromatic heterocycles. The summed E-state index contributed by atoms with van der Waals surface area (Å²) in [5.41, 5.74) is 3.22. The fourth-order valence-electron chi connectivity index (χ4n) is 2.35. The van der Waals surface area contributed by atoms with Gasteiger partial charge in [-0.25, -0.2) is 4.98 Å². The van der Waals surface area contributed by atoms with Crippen molar-refractivity contribution in [3.05, 3.63) is 76.0 Å². The van der Waals surface area contributed by atoms with E-state index >= 15 is 0 Å². The number of hydrogen-bond acceptors (Lipinski definition) is 2. The minimum Gasteiger partial charge on any atom is -0.341 e. The minimum atomic E-state index is 0.160. The highest BCUT2D eigenvalue weighted by Crippen LogP contribution is 2.25. The molecule has 1 unspecified atom stereocenters. The van der Waals surface area contributed by atoms with Gasteiger partial charge in [0.05, 0.1) is 10.0 Å². The van der Waals surface area contributed by atoms with Crippen molar-refractivity contribution in [1.82, 2.24) is 15.3 Å². The van der Waals surface area contributed by atoms with E-state index in [2.05, 4.69) is 22.2 Å². The van der Waals surface area contributed by atoms with Gasteiger partial charge in [0.25, 0.3) is 0 Å². The molecular formula is C18H17Cl2N3. The van der Waals surface area contributed by atoms with Gasteiger partial charge in [0, 0.05) is 30.0 Å². The van der Waals surface area contributed by atoms with Crippen molar-refractivity contribution in [1.29, 1.82) is 0 Å². The van der Waals surface area contributed by atoms with Gasteiger partial charge in [0.1, 0.15) is 5.82 Å². The van der Waals surface area contributed by atoms with E-state index < -0.39 is 0 Å². The molecular weight excluding hydrogens is 329 g/mol. The molecule has 2 aromatic carbocycles. The van der Waals surface area contributed by atoms with Crippen LogP contribution < -0.4 is 5.32 Å². The zero-order chi connectivity index (χ0) is 16.2. The van der Waals surface area contributed by atoms with E-state index in [1.54, 1.807) is 0 Å². The maximum absolute atomic E-state index is 6.07. The Kier molecular flexibility index (Phi) is 5.01. The Morgan fingerprint density at radius 3 is 2.61 bits per heavy atom. The Hall–Kier alpha value is -1.81. The van der Waals surface area contributed by atoms with Crippen molar-refractivity contribution in [3.63, 3.8) is 0 Å². The van der Waals surface area contributed by atoms with Crippen LogP contribution in [0.3, 0.4) is 0 Å². The third-order valence-corrected chi connectivity index (χ3v) is 4.46. The van der Waals surface area contributed by atoms with Gasteiger partial charge in [-0.05, 0) is 24.6 Å². The molecule has 0 saturated heterocycles. The Labute approximate surface area is 145 Å². The number of imidazole rings is 1. The van der Waals surface area contributed by atoms with Crippen molar-refractivity contribution in [3.8, 4) is 11.4 Å². The first-order valence-electron chi connectivity index (χ1n) is 7.41. The van der Waals surface area contributed by atoms with Gasteiger partial charge < -0.3 is 10.3 Å². The van der Waals surface area contributed by atoms with Crippen molar-refractivity contribution in [2.45, 2.75) is 19.5 Å². The number of halogens is 2. The van der Waals surface area contributed by atoms with Gasteiger partial charge in [-0.1, -0.05) is 59.6 Å². The predicted octanol–water partition coefficient (Wildman–Crippen LogP) is 5.23. The van der Waals surface area contributed by atoms with Crippen molar-refractivity contribution in [2.24, 2.45) is 0 Å². The van der Waals surface area contributed by atoms with E-state index in [1.807, 2.05) is 54.7 Å². The van der Waals surface area contributed by atoms with Crippen LogP contribution >= 0.6 is 23.2 Å². The molecule has 0 aliphatic rings. The van der Waals surface area contributed by atoms with Crippen LogP contribution in [0.2, 0.25) is 10.0 Å². The second-order valence-electron chi connectivity index (χ2n) is 5.40. The molecule has 3 rings (SSSR count). The molecule has 0 radical (unpaired) electrons. The summed E-state index contributed by atoms with van der Waals surface area (Å²) in [6.45, 7) is 2.79. The minimum absolute atomic E-state index is 0.160. The van der Waals surface area contributed by atoms with Gasteiger partial charge in [-0.15, -0.1) is 0 Å². The van der Waals surface area contributed by atoms with E-state index in [1.165, 1.54) is 0 Å². The molecule has 0 spiro atoms. The number of nitrogens with zero attached hydrogens (tertiary/aromatic N) is 1. The quantitative estimate of drug-likeness (QED) is 0.664. The topological polar surface area (TPSA) is 40.7 Å². The molecule has 3 nitrogen and oxygen atoms in total. The van der Waals surface area contributed by atoms with Crippen LogP contribution in [0.4, 0.5) is 0 Å². The smallest absolute Gasteiger partial charge is 0.137 e. The zero-order valence-electron chi connectivity index (χ0n) is 12.7. The van der Waals surface area contributed by atoms with E-state index in [0.29, 0.717) is 16.6 Å². The molecule has 1 heterocycles. The molecule has 0 fully saturated rings. The molecule has 0 saturated carbocycles. The van der Waals surface area contributed by atoms with Crippen molar-refractivity contribution >= 4 is 23.2 Å². The van der Waals surface area contributed by atoms with Gasteiger partial charge in [0.2, 0.25) is 0 Å². The SMILES string of the molecule is CC(NCc1cnc(-c2ccccc2)[nH]1)c1ccc(Cl)c(Cl)c1. The molecule has 0 aliphatic carbocycles. The van der Waals surface area contributed by atoms with Gasteiger partial charge >= 0.3 is 0 Å². The van der Waals surface area contributed by atoms with Gasteiger partial charge in [-0.2, -0.15) is 0 Å². The lowest BCUT2D eigenvalue weighted by Crippen LogP contribution is -2.18. The molecule has 1 atom stereocenters. The lowest BCUT2D eigenvalue weighted by Gasteiger charge is -2.14. The summed E-state index contributed by atoms with van der Waals surface area (Å²) >= 11 is 12.0. The Morgan fingerprint density at radius 1 is 1.09 bits per heavy atom. The first-order valence-corrected chi connectivity index (χ1v) is 8.16. The fourth-order valence-corrected chi connectivity index (χ4v) is 2.66. The second kappa shape index (κ2) is 7.18. The van der Waals surface area contributed by atoms with Crippen LogP contribution in [0.5, 0.6) is 0 Å². The standard InChI is InChI=1S/C18H17Cl2N3/c1-12(14-7-8-16(19)17(20)9-14)21-10-15-11-22-18(23-15)13-5-3-2-4-6-13/h2-9,11-12,21H,10H2,1H3,(H,22,23). The molecule has 3 aromatic rings. The highest BCUT2D eigenvalue weighted by molar-refractivity contribution is 6.42. The summed E-state index contributed by atoms with van der Waals surface area (Å²) < 4.78 is 0. The summed E-state index contributed by atoms with van der Waals surface area (Å²) in [7, 11) is 0. The largest absolute Gasteiger partial charge is 0.341 e. The van der Waals surface area contributed by atoms with Crippen LogP contribution in [0.1, 0.15) is 24.2 Å². The molecule has 118 valence electrons. The maximum atomic E-state index is 6.07. The van der Waals surface area contributed by atoms with Crippen LogP contribution in [-0.2, 0) is 6.54 Å². The molecule has 0 aliphatic heterocycles. The fraction of sp³-hybridized carbons (Fsp3) is 0.167. The van der Waals surface area contributed by atoms with Crippen LogP contribution in [0, 0.1) is 0 Å². The average molecular weight is 346 g/mol. The molecule has 23 heavy (non-hydrogen) atoms. The van der Waals surface area contributed by atoms with E-state index in [9.17, 15) is 0 Å². The average Bonchev–Trinajstić information content (AvgIpc) is 3.05. The highest BCUT2D eigenvalue weighted by Gasteiger charge is 2.09. The maximum Gasteiger partial charge on any atom is 0.137 e. The summed E-state index contributed by atoms with van der Waals surface area (Å²) in [6, 6.07) is 15.9. The number of rotatable bonds is 5. The number of aromatic nitrogens is 2. The molecule has 0 bridgehead atoms. The van der Waals surface area contributed by atoms with E-state index in [-0.39, 0.29) is 6.04 Å². The molecule has 2 N–H and O–H groups in total. The number of aromatic amines is 1. The van der Waals surface area contributed by atoms with Crippen molar-refractivity contribution < 1.29 is 0 Å². The first kappa shape index (κ1) is 16.1. The third kappa shape index (κ3) is 3.94. The number of benzene rings is 2. The van der Waals surface area contributed by atoms with E-state index in [0.717, 1.165) is 22.6 Å². The van der Waals surface area contributed by atoms with Crippen LogP contribution in [0.25, 0.3) is 11.4 Å². The lowest BCUT2D eigenvalue weighted by molar-refractivity contribution is 0.569. The molecule has 5 heteroatoms. The Bertz CT molecular complexity index is 784. The summed E-state index contributed by atoms with van der Waals surface area (Å²) in [5, 5.41) is 4.60. The lowest BCUT2D eigenvalue weighted by atomic mass is 10.1.